The van der Waals surface area contributed by atoms with Crippen molar-refractivity contribution in [3.63, 3.8) is 0 Å². The topological polar surface area (TPSA) is 313 Å². The van der Waals surface area contributed by atoms with Crippen molar-refractivity contribution in [1.29, 1.82) is 0 Å². The molecule has 2 N–H and O–H groups in total. The smallest absolute Gasteiger partial charge is 0.336 e. The van der Waals surface area contributed by atoms with Crippen LogP contribution in [0.1, 0.15) is 142 Å². The van der Waals surface area contributed by atoms with Crippen LogP contribution in [0.2, 0.25) is 0 Å². The van der Waals surface area contributed by atoms with E-state index in [9.17, 15) is 53.1 Å². The molecule has 0 aromatic rings. The molecule has 23 nitrogen and oxygen atoms in total. The Balaban J connectivity index is 7.56. The number of rotatable bonds is 39. The maximum Gasteiger partial charge on any atom is 0.336 e. The maximum atomic E-state index is 15.0. The highest BCUT2D eigenvalue weighted by Crippen LogP contribution is 2.54. The van der Waals surface area contributed by atoms with Gasteiger partial charge >= 0.3 is 41.8 Å². The minimum absolute atomic E-state index is 0.000562. The van der Waals surface area contributed by atoms with E-state index in [1.165, 1.54) is 62.0 Å². The molecule has 79 heavy (non-hydrogen) atoms. The first-order chi connectivity index (χ1) is 35.9. The Morgan fingerprint density at radius 2 is 0.835 bits per heavy atom. The van der Waals surface area contributed by atoms with E-state index in [0.717, 1.165) is 14.2 Å². The summed E-state index contributed by atoms with van der Waals surface area (Å²) in [7, 11) is 0.769. The van der Waals surface area contributed by atoms with Crippen molar-refractivity contribution in [3.05, 3.63) is 12.3 Å². The van der Waals surface area contributed by atoms with Gasteiger partial charge in [-0.25, -0.2) is 9.59 Å². The third-order valence-electron chi connectivity index (χ3n) is 13.9. The van der Waals surface area contributed by atoms with Gasteiger partial charge in [0.05, 0.1) is 54.2 Å². The fourth-order valence-corrected chi connectivity index (χ4v) is 10.3. The molecule has 0 fully saturated rings. The lowest BCUT2D eigenvalue weighted by molar-refractivity contribution is -0.176. The molecule has 24 heteroatoms. The van der Waals surface area contributed by atoms with E-state index in [-0.39, 0.29) is 63.7 Å². The van der Waals surface area contributed by atoms with E-state index in [2.05, 4.69) is 6.58 Å². The summed E-state index contributed by atoms with van der Waals surface area (Å²) in [4.78, 5) is 123. The van der Waals surface area contributed by atoms with Crippen molar-refractivity contribution in [2.24, 2.45) is 43.3 Å². The van der Waals surface area contributed by atoms with Crippen molar-refractivity contribution < 1.29 is 110 Å². The number of esters is 7. The molecule has 0 rings (SSSR count). The quantitative estimate of drug-likeness (QED) is 0.0166. The Kier molecular flexibility index (Phi) is 29.0. The Labute approximate surface area is 466 Å². The number of hydrogen-bond acceptors (Lipinski definition) is 23. The summed E-state index contributed by atoms with van der Waals surface area (Å²) < 4.78 is 70.7. The van der Waals surface area contributed by atoms with Gasteiger partial charge in [0.15, 0.2) is 32.5 Å². The predicted molar refractivity (Wildman–Crippen MR) is 286 cm³/mol. The number of ether oxygens (including phenoxy) is 10. The molecule has 0 aliphatic heterocycles. The highest BCUT2D eigenvalue weighted by molar-refractivity contribution is 7.57. The Hall–Kier alpha value is -4.80. The molecule has 0 bridgehead atoms. The molecule has 0 spiro atoms. The zero-order valence-electron chi connectivity index (χ0n) is 50.4. The zero-order valence-corrected chi connectivity index (χ0v) is 51.3. The van der Waals surface area contributed by atoms with E-state index in [1.807, 2.05) is 0 Å². The van der Waals surface area contributed by atoms with Crippen LogP contribution in [0.4, 0.5) is 0 Å². The van der Waals surface area contributed by atoms with Crippen molar-refractivity contribution >= 4 is 60.7 Å². The summed E-state index contributed by atoms with van der Waals surface area (Å²) in [6.45, 7) is 24.3. The molecule has 0 aromatic heterocycles. The minimum atomic E-state index is -2.86. The van der Waals surface area contributed by atoms with Gasteiger partial charge in [0.1, 0.15) is 51.8 Å². The summed E-state index contributed by atoms with van der Waals surface area (Å²) in [5.41, 5.74) is -11.9. The number of hydrogen-bond donors (Lipinski definition) is 2. The van der Waals surface area contributed by atoms with Crippen LogP contribution in [0.5, 0.6) is 0 Å². The number of aliphatic hydroxyl groups is 2. The summed E-state index contributed by atoms with van der Waals surface area (Å²) in [5, 5.41) is 19.1. The maximum absolute atomic E-state index is 15.0. The Bertz CT molecular complexity index is 2180. The van der Waals surface area contributed by atoms with Gasteiger partial charge in [0.25, 0.3) is 0 Å². The van der Waals surface area contributed by atoms with Crippen molar-refractivity contribution in [1.82, 2.24) is 0 Å². The standard InChI is InChI=1S/C55H93O23P/c1-21-51(11,46(65)75-23-22-73-41(60)36(2)56)30-53(13,44(63)69-17)32-55(15,47(66)76-25-24-74-43(62)50(9,10)28-49(7,8)39(58)26-72-35-78-79(19,20)67)33-54(14,45(64)70-18)31-52(12,29-48(5,6)38(4)68-16)40(59)27-71-34-77-42(61)37(3)57/h36-37,56-57H,4,21-35H2,1-3,5-20H3. The van der Waals surface area contributed by atoms with Gasteiger partial charge in [-0.1, -0.05) is 48.1 Å². The first kappa shape index (κ1) is 74.2. The van der Waals surface area contributed by atoms with Gasteiger partial charge in [-0.3, -0.25) is 38.1 Å². The molecule has 0 heterocycles. The number of methoxy groups -OCH3 is 3. The highest BCUT2D eigenvalue weighted by atomic mass is 31.2. The number of ketones is 2. The molecule has 0 aliphatic rings. The van der Waals surface area contributed by atoms with E-state index < -0.39 is 157 Å². The van der Waals surface area contributed by atoms with E-state index in [4.69, 9.17) is 51.9 Å². The third-order valence-corrected chi connectivity index (χ3v) is 14.7. The van der Waals surface area contributed by atoms with Gasteiger partial charge in [-0.15, -0.1) is 0 Å². The van der Waals surface area contributed by atoms with Crippen LogP contribution in [0.15, 0.2) is 12.3 Å². The lowest BCUT2D eigenvalue weighted by atomic mass is 9.57. The van der Waals surface area contributed by atoms with Gasteiger partial charge in [0, 0.05) is 29.6 Å². The molecule has 0 saturated heterocycles. The van der Waals surface area contributed by atoms with Crippen LogP contribution >= 0.6 is 7.37 Å². The second kappa shape index (κ2) is 30.9. The lowest BCUT2D eigenvalue weighted by Crippen LogP contribution is -2.49. The summed E-state index contributed by atoms with van der Waals surface area (Å²) in [6.07, 6.45) is -4.51. The van der Waals surface area contributed by atoms with Crippen LogP contribution < -0.4 is 0 Å². The summed E-state index contributed by atoms with van der Waals surface area (Å²) in [5.74, 6) is -6.93. The second-order valence-corrected chi connectivity index (χ2v) is 26.8. The largest absolute Gasteiger partial charge is 0.501 e. The average Bonchev–Trinajstić information content (AvgIpc) is 3.33. The number of aliphatic hydroxyl groups excluding tert-OH is 2. The van der Waals surface area contributed by atoms with Crippen LogP contribution in [0.25, 0.3) is 0 Å². The summed E-state index contributed by atoms with van der Waals surface area (Å²) in [6, 6.07) is 0. The molecule has 0 saturated carbocycles. The number of carbonyl (C=O) groups is 9. The summed E-state index contributed by atoms with van der Waals surface area (Å²) >= 11 is 0. The van der Waals surface area contributed by atoms with E-state index in [1.54, 1.807) is 55.4 Å². The first-order valence-electron chi connectivity index (χ1n) is 26.0. The van der Waals surface area contributed by atoms with E-state index in [0.29, 0.717) is 0 Å². The predicted octanol–water partition coefficient (Wildman–Crippen LogP) is 6.47. The zero-order chi connectivity index (χ0) is 61.8. The lowest BCUT2D eigenvalue weighted by Gasteiger charge is -2.46. The molecule has 7 unspecified atom stereocenters. The van der Waals surface area contributed by atoms with Gasteiger partial charge < -0.3 is 62.1 Å². The SMILES string of the molecule is C=C(OC)C(C)(C)CC(C)(CC(C)(CC(C)(CC(C)(CC(C)(CC)C(=O)OCCOC(=O)C(C)O)C(=O)OC)C(=O)OCCOC(=O)C(C)(C)CC(C)(C)C(=O)COCOP(C)(C)=O)C(=O)OC)C(=O)COCOC(=O)C(C)O. The molecule has 0 aliphatic carbocycles. The fourth-order valence-electron chi connectivity index (χ4n) is 10.0. The van der Waals surface area contributed by atoms with Gasteiger partial charge in [-0.05, 0) is 100 Å². The third kappa shape index (κ3) is 23.7. The Morgan fingerprint density at radius 1 is 0.456 bits per heavy atom. The normalized spacial score (nSPS) is 16.8. The monoisotopic (exact) mass is 1150 g/mol. The first-order valence-corrected chi connectivity index (χ1v) is 28.5. The molecular formula is C55H93O23P. The van der Waals surface area contributed by atoms with Crippen molar-refractivity contribution in [2.75, 3.05) is 87.9 Å². The fraction of sp³-hybridized carbons (Fsp3) is 0.800. The van der Waals surface area contributed by atoms with Crippen LogP contribution in [-0.2, 0) is 99.6 Å². The van der Waals surface area contributed by atoms with Gasteiger partial charge in [0.2, 0.25) is 0 Å². The van der Waals surface area contributed by atoms with E-state index >= 15 is 4.79 Å². The van der Waals surface area contributed by atoms with Crippen molar-refractivity contribution in [2.45, 2.75) is 154 Å². The molecule has 0 radical (unpaired) electrons. The molecule has 456 valence electrons. The van der Waals surface area contributed by atoms with Crippen molar-refractivity contribution in [3.8, 4) is 0 Å². The molecular weight excluding hydrogens is 1060 g/mol. The minimum Gasteiger partial charge on any atom is -0.501 e. The number of Topliss-reactive ketones (excluding diaryl/α,β-unsaturated/α-hetero) is 2. The number of carbonyl (C=O) groups excluding carboxylic acids is 9. The van der Waals surface area contributed by atoms with Crippen LogP contribution in [-0.4, -0.2) is 164 Å². The van der Waals surface area contributed by atoms with Crippen LogP contribution in [0, 0.1) is 43.3 Å². The second-order valence-electron chi connectivity index (χ2n) is 24.0. The molecule has 0 amide bonds. The highest BCUT2D eigenvalue weighted by Gasteiger charge is 2.57. The number of allylic oxidation sites excluding steroid dienone is 1. The van der Waals surface area contributed by atoms with Crippen LogP contribution in [0.3, 0.4) is 0 Å². The van der Waals surface area contributed by atoms with Gasteiger partial charge in [-0.2, -0.15) is 0 Å². The molecule has 0 aromatic carbocycles. The Morgan fingerprint density at radius 3 is 1.27 bits per heavy atom. The average molecular weight is 1150 g/mol. The molecule has 7 atom stereocenters.